The maximum Gasteiger partial charge on any atom is 0.132 e. The van der Waals surface area contributed by atoms with Gasteiger partial charge in [-0.05, 0) is 31.8 Å². The number of rotatable bonds is 7. The van der Waals surface area contributed by atoms with Gasteiger partial charge in [0.15, 0.2) is 0 Å². The van der Waals surface area contributed by atoms with Crippen LogP contribution in [-0.4, -0.2) is 34.6 Å². The summed E-state index contributed by atoms with van der Waals surface area (Å²) in [5, 5.41) is 6.45. The first kappa shape index (κ1) is 14.1. The average Bonchev–Trinajstić information content (AvgIpc) is 2.28. The fourth-order valence-corrected chi connectivity index (χ4v) is 2.31. The van der Waals surface area contributed by atoms with Crippen molar-refractivity contribution in [3.05, 3.63) is 11.9 Å². The zero-order valence-electron chi connectivity index (χ0n) is 11.1. The molecule has 1 aromatic heterocycles. The van der Waals surface area contributed by atoms with E-state index in [4.69, 9.17) is 0 Å². The molecular weight excluding hydrogens is 232 g/mol. The van der Waals surface area contributed by atoms with Gasteiger partial charge in [0.2, 0.25) is 0 Å². The molecule has 0 aromatic carbocycles. The molecule has 1 unspecified atom stereocenters. The molecule has 1 atom stereocenters. The fraction of sp³-hybridized carbons (Fsp3) is 0.667. The van der Waals surface area contributed by atoms with Crippen LogP contribution in [0.2, 0.25) is 0 Å². The van der Waals surface area contributed by atoms with E-state index < -0.39 is 0 Å². The molecule has 17 heavy (non-hydrogen) atoms. The van der Waals surface area contributed by atoms with Gasteiger partial charge >= 0.3 is 0 Å². The van der Waals surface area contributed by atoms with Gasteiger partial charge in [-0.1, -0.05) is 6.92 Å². The zero-order valence-corrected chi connectivity index (χ0v) is 11.9. The lowest BCUT2D eigenvalue weighted by atomic mass is 10.2. The van der Waals surface area contributed by atoms with Crippen LogP contribution in [0.5, 0.6) is 0 Å². The van der Waals surface area contributed by atoms with Gasteiger partial charge in [0.25, 0.3) is 0 Å². The first-order chi connectivity index (χ1) is 8.15. The average molecular weight is 254 g/mol. The summed E-state index contributed by atoms with van der Waals surface area (Å²) in [7, 11) is 1.87. The maximum absolute atomic E-state index is 4.38. The lowest BCUT2D eigenvalue weighted by Gasteiger charge is -2.15. The number of nitrogens with zero attached hydrogens (tertiary/aromatic N) is 2. The lowest BCUT2D eigenvalue weighted by molar-refractivity contribution is 0.764. The minimum Gasteiger partial charge on any atom is -0.373 e. The Balaban J connectivity index is 2.52. The van der Waals surface area contributed by atoms with Crippen LogP contribution in [0.25, 0.3) is 0 Å². The molecule has 2 N–H and O–H groups in total. The Morgan fingerprint density at radius 1 is 1.35 bits per heavy atom. The number of anilines is 2. The van der Waals surface area contributed by atoms with Crippen molar-refractivity contribution < 1.29 is 0 Å². The first-order valence-corrected chi connectivity index (χ1v) is 7.19. The quantitative estimate of drug-likeness (QED) is 0.733. The van der Waals surface area contributed by atoms with E-state index in [1.54, 1.807) is 0 Å². The van der Waals surface area contributed by atoms with E-state index in [0.717, 1.165) is 23.9 Å². The van der Waals surface area contributed by atoms with Crippen molar-refractivity contribution in [2.75, 3.05) is 29.2 Å². The monoisotopic (exact) mass is 254 g/mol. The zero-order chi connectivity index (χ0) is 12.7. The largest absolute Gasteiger partial charge is 0.373 e. The summed E-state index contributed by atoms with van der Waals surface area (Å²) in [5.74, 6) is 4.91. The van der Waals surface area contributed by atoms with E-state index in [1.165, 1.54) is 11.5 Å². The summed E-state index contributed by atoms with van der Waals surface area (Å²) in [6, 6.07) is 2.38. The molecule has 96 valence electrons. The fourth-order valence-electron chi connectivity index (χ4n) is 1.50. The molecule has 0 aliphatic carbocycles. The molecule has 1 rings (SSSR count). The second-order valence-electron chi connectivity index (χ2n) is 3.97. The van der Waals surface area contributed by atoms with Gasteiger partial charge in [-0.2, -0.15) is 11.8 Å². The van der Waals surface area contributed by atoms with Crippen LogP contribution in [0.15, 0.2) is 6.07 Å². The Labute approximate surface area is 108 Å². The Morgan fingerprint density at radius 3 is 2.71 bits per heavy atom. The van der Waals surface area contributed by atoms with Crippen LogP contribution >= 0.6 is 11.8 Å². The molecule has 5 heteroatoms. The van der Waals surface area contributed by atoms with Crippen LogP contribution in [0.1, 0.15) is 26.1 Å². The van der Waals surface area contributed by atoms with E-state index in [2.05, 4.69) is 34.4 Å². The Bertz CT molecular complexity index is 343. The van der Waals surface area contributed by atoms with E-state index in [-0.39, 0.29) is 0 Å². The van der Waals surface area contributed by atoms with Gasteiger partial charge < -0.3 is 10.6 Å². The first-order valence-electron chi connectivity index (χ1n) is 6.03. The Hall–Kier alpha value is -0.970. The Kier molecular flexibility index (Phi) is 6.11. The molecular formula is C12H22N4S. The third-order valence-electron chi connectivity index (χ3n) is 2.39. The molecule has 0 radical (unpaired) electrons. The maximum atomic E-state index is 4.38. The summed E-state index contributed by atoms with van der Waals surface area (Å²) in [6.45, 7) is 6.28. The van der Waals surface area contributed by atoms with Crippen molar-refractivity contribution in [3.63, 3.8) is 0 Å². The van der Waals surface area contributed by atoms with Crippen molar-refractivity contribution in [2.24, 2.45) is 0 Å². The molecule has 0 spiro atoms. The van der Waals surface area contributed by atoms with Gasteiger partial charge in [0.05, 0.1) is 0 Å². The Morgan fingerprint density at radius 2 is 2.06 bits per heavy atom. The number of hydrogen-bond donors (Lipinski definition) is 2. The summed E-state index contributed by atoms with van der Waals surface area (Å²) in [4.78, 5) is 8.65. The van der Waals surface area contributed by atoms with Gasteiger partial charge in [-0.3, -0.25) is 0 Å². The van der Waals surface area contributed by atoms with E-state index >= 15 is 0 Å². The van der Waals surface area contributed by atoms with Gasteiger partial charge in [0, 0.05) is 19.2 Å². The summed E-state index contributed by atoms with van der Waals surface area (Å²) in [5.41, 5.74) is 0. The lowest BCUT2D eigenvalue weighted by Crippen LogP contribution is -2.17. The molecule has 0 saturated carbocycles. The number of nitrogens with one attached hydrogen (secondary N) is 2. The van der Waals surface area contributed by atoms with Crippen molar-refractivity contribution >= 4 is 23.4 Å². The smallest absolute Gasteiger partial charge is 0.132 e. The number of aromatic nitrogens is 2. The van der Waals surface area contributed by atoms with E-state index in [9.17, 15) is 0 Å². The van der Waals surface area contributed by atoms with Crippen LogP contribution in [0.3, 0.4) is 0 Å². The summed E-state index contributed by atoms with van der Waals surface area (Å²) >= 11 is 1.97. The third-order valence-corrected chi connectivity index (χ3v) is 3.32. The number of thioether (sulfide) groups is 1. The molecule has 0 aliphatic rings. The molecule has 0 fully saturated rings. The molecule has 4 nitrogen and oxygen atoms in total. The predicted molar refractivity (Wildman–Crippen MR) is 77.0 cm³/mol. The van der Waals surface area contributed by atoms with Crippen LogP contribution in [0, 0.1) is 6.92 Å². The van der Waals surface area contributed by atoms with Crippen LogP contribution < -0.4 is 10.6 Å². The molecule has 0 bridgehead atoms. The van der Waals surface area contributed by atoms with Gasteiger partial charge in [0.1, 0.15) is 17.5 Å². The summed E-state index contributed by atoms with van der Waals surface area (Å²) in [6.07, 6.45) is 1.15. The molecule has 0 amide bonds. The topological polar surface area (TPSA) is 49.8 Å². The molecule has 0 saturated heterocycles. The second-order valence-corrected chi connectivity index (χ2v) is 5.36. The van der Waals surface area contributed by atoms with Gasteiger partial charge in [-0.15, -0.1) is 0 Å². The predicted octanol–water partition coefficient (Wildman–Crippen LogP) is 2.77. The van der Waals surface area contributed by atoms with Crippen molar-refractivity contribution in [1.82, 2.24) is 9.97 Å². The number of aryl methyl sites for hydroxylation is 1. The highest BCUT2D eigenvalue weighted by molar-refractivity contribution is 7.99. The summed E-state index contributed by atoms with van der Waals surface area (Å²) < 4.78 is 0. The minimum atomic E-state index is 0.438. The highest BCUT2D eigenvalue weighted by atomic mass is 32.2. The third kappa shape index (κ3) is 5.26. The SMILES string of the molecule is CCSCCC(C)Nc1cc(NC)nc(C)n1. The highest BCUT2D eigenvalue weighted by Gasteiger charge is 2.05. The standard InChI is InChI=1S/C12H22N4S/c1-5-17-7-6-9(2)14-12-8-11(13-4)15-10(3)16-12/h8-9H,5-7H2,1-4H3,(H2,13,14,15,16). The highest BCUT2D eigenvalue weighted by Crippen LogP contribution is 2.13. The van der Waals surface area contributed by atoms with Crippen LogP contribution in [-0.2, 0) is 0 Å². The normalized spacial score (nSPS) is 12.2. The molecule has 0 aliphatic heterocycles. The van der Waals surface area contributed by atoms with Gasteiger partial charge in [-0.25, -0.2) is 9.97 Å². The molecule has 1 heterocycles. The van der Waals surface area contributed by atoms with E-state index in [0.29, 0.717) is 6.04 Å². The van der Waals surface area contributed by atoms with E-state index in [1.807, 2.05) is 31.8 Å². The minimum absolute atomic E-state index is 0.438. The second kappa shape index (κ2) is 7.37. The van der Waals surface area contributed by atoms with Crippen molar-refractivity contribution in [3.8, 4) is 0 Å². The van der Waals surface area contributed by atoms with Crippen LogP contribution in [0.4, 0.5) is 11.6 Å². The van der Waals surface area contributed by atoms with Crippen molar-refractivity contribution in [1.29, 1.82) is 0 Å². The van der Waals surface area contributed by atoms with Crippen molar-refractivity contribution in [2.45, 2.75) is 33.2 Å². The molecule has 1 aromatic rings. The number of hydrogen-bond acceptors (Lipinski definition) is 5.